The molecule has 0 unspecified atom stereocenters. The van der Waals surface area contributed by atoms with Crippen LogP contribution in [0.3, 0.4) is 0 Å². The molecular formula is C19H13ClO3. The van der Waals surface area contributed by atoms with Gasteiger partial charge in [0.2, 0.25) is 0 Å². The number of rotatable bonds is 1. The van der Waals surface area contributed by atoms with Gasteiger partial charge in [0.25, 0.3) is 0 Å². The lowest BCUT2D eigenvalue weighted by Gasteiger charge is -2.06. The molecule has 0 saturated heterocycles. The zero-order chi connectivity index (χ0) is 16.1. The van der Waals surface area contributed by atoms with E-state index in [9.17, 15) is 4.79 Å². The van der Waals surface area contributed by atoms with Crippen LogP contribution in [-0.2, 0) is 0 Å². The van der Waals surface area contributed by atoms with E-state index in [1.165, 1.54) is 6.07 Å². The van der Waals surface area contributed by atoms with Gasteiger partial charge in [-0.3, -0.25) is 0 Å². The molecule has 0 amide bonds. The first kappa shape index (κ1) is 14.1. The first-order valence-corrected chi connectivity index (χ1v) is 7.65. The smallest absolute Gasteiger partial charge is 0.336 e. The fourth-order valence-corrected chi connectivity index (χ4v) is 3.07. The maximum absolute atomic E-state index is 12.0. The predicted octanol–water partition coefficient (Wildman–Crippen LogP) is 5.48. The Morgan fingerprint density at radius 1 is 0.913 bits per heavy atom. The second kappa shape index (κ2) is 5.00. The Morgan fingerprint density at radius 2 is 1.70 bits per heavy atom. The van der Waals surface area contributed by atoms with Crippen LogP contribution in [0.25, 0.3) is 33.3 Å². The maximum Gasteiger partial charge on any atom is 0.336 e. The number of aryl methyl sites for hydroxylation is 2. The summed E-state index contributed by atoms with van der Waals surface area (Å²) >= 11 is 6.25. The van der Waals surface area contributed by atoms with Crippen LogP contribution in [0, 0.1) is 13.8 Å². The van der Waals surface area contributed by atoms with E-state index in [0.717, 1.165) is 27.5 Å². The van der Waals surface area contributed by atoms with Gasteiger partial charge in [-0.25, -0.2) is 4.79 Å². The molecule has 0 saturated carbocycles. The number of fused-ring (bicyclic) bond motifs is 2. The number of hydrogen-bond acceptors (Lipinski definition) is 3. The van der Waals surface area contributed by atoms with E-state index in [1.54, 1.807) is 6.07 Å². The summed E-state index contributed by atoms with van der Waals surface area (Å²) in [6, 6.07) is 12.9. The molecule has 0 aliphatic heterocycles. The molecule has 4 aromatic rings. The fourth-order valence-electron chi connectivity index (χ4n) is 2.90. The highest BCUT2D eigenvalue weighted by molar-refractivity contribution is 6.32. The lowest BCUT2D eigenvalue weighted by Crippen LogP contribution is -1.98. The molecule has 0 bridgehead atoms. The predicted molar refractivity (Wildman–Crippen MR) is 92.2 cm³/mol. The van der Waals surface area contributed by atoms with E-state index in [1.807, 2.05) is 44.2 Å². The highest BCUT2D eigenvalue weighted by Crippen LogP contribution is 2.37. The summed E-state index contributed by atoms with van der Waals surface area (Å²) in [6.07, 6.45) is 0. The third-order valence-corrected chi connectivity index (χ3v) is 4.52. The second-order valence-electron chi connectivity index (χ2n) is 5.63. The maximum atomic E-state index is 12.0. The Kier molecular flexibility index (Phi) is 3.06. The molecule has 0 radical (unpaired) electrons. The summed E-state index contributed by atoms with van der Waals surface area (Å²) < 4.78 is 11.3. The number of hydrogen-bond donors (Lipinski definition) is 0. The van der Waals surface area contributed by atoms with Gasteiger partial charge >= 0.3 is 5.63 Å². The Hall–Kier alpha value is -2.52. The summed E-state index contributed by atoms with van der Waals surface area (Å²) in [5.41, 5.74) is 3.44. The SMILES string of the molecule is Cc1cc2oc(=O)cc(-c3oc4ccccc4c3C)c2cc1Cl. The first-order valence-electron chi connectivity index (χ1n) is 7.27. The largest absolute Gasteiger partial charge is 0.456 e. The number of benzene rings is 2. The fraction of sp³-hybridized carbons (Fsp3) is 0.105. The minimum atomic E-state index is -0.408. The van der Waals surface area contributed by atoms with Crippen molar-refractivity contribution in [2.45, 2.75) is 13.8 Å². The molecular weight excluding hydrogens is 312 g/mol. The summed E-state index contributed by atoms with van der Waals surface area (Å²) in [6.45, 7) is 3.86. The Labute approximate surface area is 137 Å². The molecule has 23 heavy (non-hydrogen) atoms. The molecule has 0 fully saturated rings. The lowest BCUT2D eigenvalue weighted by atomic mass is 10.0. The quantitative estimate of drug-likeness (QED) is 0.436. The Balaban J connectivity index is 2.13. The van der Waals surface area contributed by atoms with Gasteiger partial charge < -0.3 is 8.83 Å². The van der Waals surface area contributed by atoms with E-state index in [-0.39, 0.29) is 0 Å². The van der Waals surface area contributed by atoms with Crippen molar-refractivity contribution in [1.29, 1.82) is 0 Å². The first-order chi connectivity index (χ1) is 11.0. The van der Waals surface area contributed by atoms with Gasteiger partial charge in [-0.1, -0.05) is 29.8 Å². The topological polar surface area (TPSA) is 43.4 Å². The minimum absolute atomic E-state index is 0.408. The van der Waals surface area contributed by atoms with Crippen LogP contribution in [0.1, 0.15) is 11.1 Å². The molecule has 114 valence electrons. The van der Waals surface area contributed by atoms with Gasteiger partial charge in [-0.05, 0) is 37.6 Å². The van der Waals surface area contributed by atoms with Crippen molar-refractivity contribution in [3.05, 3.63) is 69.0 Å². The van der Waals surface area contributed by atoms with Crippen molar-refractivity contribution < 1.29 is 8.83 Å². The van der Waals surface area contributed by atoms with Crippen LogP contribution in [-0.4, -0.2) is 0 Å². The summed E-state index contributed by atoms with van der Waals surface area (Å²) in [7, 11) is 0. The van der Waals surface area contributed by atoms with Gasteiger partial charge in [-0.15, -0.1) is 0 Å². The number of furan rings is 1. The summed E-state index contributed by atoms with van der Waals surface area (Å²) in [5, 5.41) is 2.42. The van der Waals surface area contributed by atoms with Crippen LogP contribution in [0.15, 0.2) is 56.1 Å². The molecule has 0 atom stereocenters. The van der Waals surface area contributed by atoms with Crippen molar-refractivity contribution in [3.8, 4) is 11.3 Å². The lowest BCUT2D eigenvalue weighted by molar-refractivity contribution is 0.559. The molecule has 3 nitrogen and oxygen atoms in total. The van der Waals surface area contributed by atoms with E-state index in [0.29, 0.717) is 21.9 Å². The Morgan fingerprint density at radius 3 is 2.48 bits per heavy atom. The van der Waals surface area contributed by atoms with Crippen molar-refractivity contribution >= 4 is 33.5 Å². The third-order valence-electron chi connectivity index (χ3n) is 4.11. The van der Waals surface area contributed by atoms with Crippen LogP contribution >= 0.6 is 11.6 Å². The average molecular weight is 325 g/mol. The average Bonchev–Trinajstić information content (AvgIpc) is 2.86. The van der Waals surface area contributed by atoms with Crippen molar-refractivity contribution in [1.82, 2.24) is 0 Å². The van der Waals surface area contributed by atoms with Crippen LogP contribution in [0.4, 0.5) is 0 Å². The van der Waals surface area contributed by atoms with E-state index in [4.69, 9.17) is 20.4 Å². The Bertz CT molecular complexity index is 1120. The van der Waals surface area contributed by atoms with Crippen LogP contribution in [0.5, 0.6) is 0 Å². The third kappa shape index (κ3) is 2.16. The van der Waals surface area contributed by atoms with E-state index >= 15 is 0 Å². The molecule has 2 aromatic heterocycles. The number of halogens is 1. The van der Waals surface area contributed by atoms with E-state index in [2.05, 4.69) is 0 Å². The monoisotopic (exact) mass is 324 g/mol. The molecule has 0 aliphatic rings. The van der Waals surface area contributed by atoms with Crippen molar-refractivity contribution in [2.75, 3.05) is 0 Å². The summed E-state index contributed by atoms with van der Waals surface area (Å²) in [5.74, 6) is 0.670. The van der Waals surface area contributed by atoms with Gasteiger partial charge in [0.1, 0.15) is 16.9 Å². The van der Waals surface area contributed by atoms with Crippen molar-refractivity contribution in [3.63, 3.8) is 0 Å². The minimum Gasteiger partial charge on any atom is -0.456 e. The highest BCUT2D eigenvalue weighted by Gasteiger charge is 2.17. The number of para-hydroxylation sites is 1. The zero-order valence-corrected chi connectivity index (χ0v) is 13.4. The van der Waals surface area contributed by atoms with Gasteiger partial charge in [-0.2, -0.15) is 0 Å². The molecule has 0 spiro atoms. The molecule has 2 aromatic carbocycles. The van der Waals surface area contributed by atoms with Gasteiger partial charge in [0, 0.05) is 33.0 Å². The van der Waals surface area contributed by atoms with Crippen LogP contribution < -0.4 is 5.63 Å². The second-order valence-corrected chi connectivity index (χ2v) is 6.04. The van der Waals surface area contributed by atoms with Gasteiger partial charge in [0.15, 0.2) is 0 Å². The van der Waals surface area contributed by atoms with Crippen LogP contribution in [0.2, 0.25) is 5.02 Å². The molecule has 0 N–H and O–H groups in total. The molecule has 0 aliphatic carbocycles. The molecule has 4 heteroatoms. The van der Waals surface area contributed by atoms with E-state index < -0.39 is 5.63 Å². The summed E-state index contributed by atoms with van der Waals surface area (Å²) in [4.78, 5) is 12.0. The van der Waals surface area contributed by atoms with Crippen molar-refractivity contribution in [2.24, 2.45) is 0 Å². The van der Waals surface area contributed by atoms with Gasteiger partial charge in [0.05, 0.1) is 0 Å². The standard InChI is InChI=1S/C19H13ClO3/c1-10-7-17-13(8-15(10)20)14(9-18(21)22-17)19-11(2)12-5-3-4-6-16(12)23-19/h3-9H,1-2H3. The molecule has 2 heterocycles. The highest BCUT2D eigenvalue weighted by atomic mass is 35.5. The normalized spacial score (nSPS) is 11.4. The molecule has 4 rings (SSSR count). The zero-order valence-electron chi connectivity index (χ0n) is 12.6.